The van der Waals surface area contributed by atoms with Crippen molar-refractivity contribution in [2.24, 2.45) is 47.3 Å². The summed E-state index contributed by atoms with van der Waals surface area (Å²) < 4.78 is 0. The van der Waals surface area contributed by atoms with Gasteiger partial charge in [-0.3, -0.25) is 9.59 Å². The first-order valence-corrected chi connectivity index (χ1v) is 6.99. The summed E-state index contributed by atoms with van der Waals surface area (Å²) in [5.41, 5.74) is 0. The van der Waals surface area contributed by atoms with Gasteiger partial charge in [0.1, 0.15) is 11.6 Å². The van der Waals surface area contributed by atoms with E-state index in [2.05, 4.69) is 24.3 Å². The molecule has 0 aromatic rings. The topological polar surface area (TPSA) is 34.1 Å². The second-order valence-corrected chi connectivity index (χ2v) is 6.51. The van der Waals surface area contributed by atoms with Crippen molar-refractivity contribution in [1.29, 1.82) is 0 Å². The first kappa shape index (κ1) is 10.7. The molecule has 2 saturated carbocycles. The summed E-state index contributed by atoms with van der Waals surface area (Å²) >= 11 is 0. The van der Waals surface area contributed by atoms with Gasteiger partial charge in [0.15, 0.2) is 0 Å². The molecule has 94 valence electrons. The van der Waals surface area contributed by atoms with E-state index in [0.717, 1.165) is 0 Å². The van der Waals surface area contributed by atoms with E-state index in [0.29, 0.717) is 47.1 Å². The maximum Gasteiger partial charge on any atom is 0.134 e. The van der Waals surface area contributed by atoms with Gasteiger partial charge >= 0.3 is 0 Å². The molecule has 18 heavy (non-hydrogen) atoms. The zero-order valence-corrected chi connectivity index (χ0v) is 10.7. The smallest absolute Gasteiger partial charge is 0.134 e. The van der Waals surface area contributed by atoms with Gasteiger partial charge in [0.25, 0.3) is 0 Å². The molecule has 0 radical (unpaired) electrons. The van der Waals surface area contributed by atoms with Crippen LogP contribution in [0.1, 0.15) is 13.8 Å². The zero-order chi connectivity index (χ0) is 12.6. The van der Waals surface area contributed by atoms with Crippen molar-refractivity contribution < 1.29 is 9.59 Å². The van der Waals surface area contributed by atoms with Gasteiger partial charge in [0.05, 0.1) is 0 Å². The highest BCUT2D eigenvalue weighted by Gasteiger charge is 2.65. The summed E-state index contributed by atoms with van der Waals surface area (Å²) in [6.07, 6.45) is 8.94. The number of hydrogen-bond acceptors (Lipinski definition) is 2. The van der Waals surface area contributed by atoms with Gasteiger partial charge in [-0.25, -0.2) is 0 Å². The number of allylic oxidation sites excluding steroid dienone is 4. The van der Waals surface area contributed by atoms with Crippen molar-refractivity contribution in [2.45, 2.75) is 13.8 Å². The Labute approximate surface area is 107 Å². The number of carbonyl (C=O) groups is 2. The van der Waals surface area contributed by atoms with Gasteiger partial charge in [-0.05, 0) is 49.4 Å². The molecule has 2 nitrogen and oxygen atoms in total. The minimum absolute atomic E-state index is 0.176. The van der Waals surface area contributed by atoms with E-state index in [4.69, 9.17) is 0 Å². The highest BCUT2D eigenvalue weighted by Crippen LogP contribution is 2.67. The van der Waals surface area contributed by atoms with Crippen LogP contribution in [-0.2, 0) is 9.59 Å². The second-order valence-electron chi connectivity index (χ2n) is 6.51. The molecule has 2 fully saturated rings. The minimum Gasteiger partial charge on any atom is -0.300 e. The van der Waals surface area contributed by atoms with Crippen molar-refractivity contribution in [2.75, 3.05) is 0 Å². The summed E-state index contributed by atoms with van der Waals surface area (Å²) in [6, 6.07) is 0. The number of carbonyl (C=O) groups excluding carboxylic acids is 2. The first-order valence-electron chi connectivity index (χ1n) is 6.99. The Morgan fingerprint density at radius 3 is 1.17 bits per heavy atom. The molecular formula is C16H18O2. The summed E-state index contributed by atoms with van der Waals surface area (Å²) in [4.78, 5) is 23.9. The Morgan fingerprint density at radius 2 is 0.944 bits per heavy atom. The maximum absolute atomic E-state index is 11.9. The van der Waals surface area contributed by atoms with Gasteiger partial charge in [-0.15, -0.1) is 0 Å². The quantitative estimate of drug-likeness (QED) is 0.696. The summed E-state index contributed by atoms with van der Waals surface area (Å²) in [6.45, 7) is 3.47. The van der Waals surface area contributed by atoms with Crippen LogP contribution in [0.2, 0.25) is 0 Å². The van der Waals surface area contributed by atoms with E-state index in [1.54, 1.807) is 13.8 Å². The van der Waals surface area contributed by atoms with E-state index >= 15 is 0 Å². The van der Waals surface area contributed by atoms with Crippen LogP contribution in [0.4, 0.5) is 0 Å². The largest absolute Gasteiger partial charge is 0.300 e. The molecule has 0 aromatic heterocycles. The first-order chi connectivity index (χ1) is 8.61. The van der Waals surface area contributed by atoms with E-state index in [1.807, 2.05) is 0 Å². The summed E-state index contributed by atoms with van der Waals surface area (Å²) in [5.74, 6) is 3.72. The molecule has 0 bridgehead atoms. The second kappa shape index (κ2) is 3.23. The summed E-state index contributed by atoms with van der Waals surface area (Å²) in [5, 5.41) is 0. The SMILES string of the molecule is CC(=O)C1[C@H]2C=C[C@H]3C(C(C)=O)[C@@H]4C=C[C@@H]1C4C23. The van der Waals surface area contributed by atoms with Crippen LogP contribution in [0.5, 0.6) is 0 Å². The molecule has 0 spiro atoms. The zero-order valence-electron chi connectivity index (χ0n) is 10.7. The third-order valence-electron chi connectivity index (χ3n) is 5.93. The van der Waals surface area contributed by atoms with Crippen LogP contribution < -0.4 is 0 Å². The van der Waals surface area contributed by atoms with Gasteiger partial charge in [-0.2, -0.15) is 0 Å². The Bertz CT molecular complexity index is 427. The number of ketones is 2. The van der Waals surface area contributed by atoms with E-state index in [9.17, 15) is 9.59 Å². The normalized spacial score (nSPS) is 54.1. The average molecular weight is 242 g/mol. The Hall–Kier alpha value is -1.18. The van der Waals surface area contributed by atoms with Crippen molar-refractivity contribution >= 4 is 11.6 Å². The van der Waals surface area contributed by atoms with Crippen LogP contribution in [0.15, 0.2) is 24.3 Å². The Kier molecular flexibility index (Phi) is 1.92. The lowest BCUT2D eigenvalue weighted by molar-refractivity contribution is -0.122. The molecular weight excluding hydrogens is 224 g/mol. The van der Waals surface area contributed by atoms with Crippen molar-refractivity contribution in [1.82, 2.24) is 0 Å². The highest BCUT2D eigenvalue weighted by molar-refractivity contribution is 5.83. The monoisotopic (exact) mass is 242 g/mol. The van der Waals surface area contributed by atoms with Crippen molar-refractivity contribution in [3.8, 4) is 0 Å². The molecule has 2 heteroatoms. The molecule has 0 heterocycles. The van der Waals surface area contributed by atoms with E-state index in [1.165, 1.54) is 0 Å². The fraction of sp³-hybridized carbons (Fsp3) is 0.625. The molecule has 0 saturated heterocycles. The van der Waals surface area contributed by atoms with Crippen LogP contribution >= 0.6 is 0 Å². The molecule has 0 aliphatic heterocycles. The molecule has 8 atom stereocenters. The molecule has 4 aliphatic rings. The van der Waals surface area contributed by atoms with Gasteiger partial charge in [0, 0.05) is 11.8 Å². The highest BCUT2D eigenvalue weighted by atomic mass is 16.1. The van der Waals surface area contributed by atoms with Gasteiger partial charge in [0.2, 0.25) is 0 Å². The third kappa shape index (κ3) is 1.01. The molecule has 4 aliphatic carbocycles. The average Bonchev–Trinajstić information content (AvgIpc) is 2.95. The molecule has 4 unspecified atom stereocenters. The van der Waals surface area contributed by atoms with Crippen LogP contribution in [0.25, 0.3) is 0 Å². The minimum atomic E-state index is 0.176. The van der Waals surface area contributed by atoms with E-state index < -0.39 is 0 Å². The van der Waals surface area contributed by atoms with Crippen LogP contribution in [-0.4, -0.2) is 11.6 Å². The van der Waals surface area contributed by atoms with Crippen molar-refractivity contribution in [3.63, 3.8) is 0 Å². The Morgan fingerprint density at radius 1 is 0.667 bits per heavy atom. The lowest BCUT2D eigenvalue weighted by Gasteiger charge is -2.21. The standard InChI is InChI=1S/C16H18O2/c1-7(17)13-9-3-5-11-14(8(2)18)12-6-4-10(13)16(12)15(9)11/h3-6,9-16H,1-2H3/t9-,10-,11-,12+,13?,14?,15?,16?/m0/s1. The van der Waals surface area contributed by atoms with Crippen LogP contribution in [0, 0.1) is 47.3 Å². The molecule has 0 aromatic carbocycles. The number of rotatable bonds is 2. The number of Topliss-reactive ketones (excluding diaryl/α,β-unsaturated/α-hetero) is 2. The molecule has 0 N–H and O–H groups in total. The fourth-order valence-corrected chi connectivity index (χ4v) is 5.60. The lowest BCUT2D eigenvalue weighted by Crippen LogP contribution is -2.26. The van der Waals surface area contributed by atoms with Gasteiger partial charge in [-0.1, -0.05) is 24.3 Å². The molecule has 0 amide bonds. The lowest BCUT2D eigenvalue weighted by atomic mass is 9.80. The van der Waals surface area contributed by atoms with E-state index in [-0.39, 0.29) is 11.8 Å². The van der Waals surface area contributed by atoms with Crippen molar-refractivity contribution in [3.05, 3.63) is 24.3 Å². The maximum atomic E-state index is 11.9. The predicted octanol–water partition coefficient (Wildman–Crippen LogP) is 2.26. The Balaban J connectivity index is 1.82. The summed E-state index contributed by atoms with van der Waals surface area (Å²) in [7, 11) is 0. The number of hydrogen-bond donors (Lipinski definition) is 0. The fourth-order valence-electron chi connectivity index (χ4n) is 5.60. The van der Waals surface area contributed by atoms with Crippen LogP contribution in [0.3, 0.4) is 0 Å². The third-order valence-corrected chi connectivity index (χ3v) is 5.93. The van der Waals surface area contributed by atoms with Gasteiger partial charge < -0.3 is 0 Å². The molecule has 4 rings (SSSR count). The predicted molar refractivity (Wildman–Crippen MR) is 67.6 cm³/mol.